The summed E-state index contributed by atoms with van der Waals surface area (Å²) in [5, 5.41) is 9.84. The van der Waals surface area contributed by atoms with Crippen LogP contribution in [0.5, 0.6) is 0 Å². The molecule has 1 aromatic carbocycles. The summed E-state index contributed by atoms with van der Waals surface area (Å²) in [6.07, 6.45) is 2.70. The fourth-order valence-corrected chi connectivity index (χ4v) is 4.06. The molecule has 1 saturated heterocycles. The normalized spacial score (nSPS) is 15.5. The SMILES string of the molecule is C=CCc1c(C)c(C#N)c2[nH]c3ccccc3[n+]2c1N1CC[NH+](C)CC1. The molecule has 0 amide bonds. The zero-order valence-electron chi connectivity index (χ0n) is 15.5. The number of aromatic nitrogens is 2. The fourth-order valence-electron chi connectivity index (χ4n) is 4.06. The summed E-state index contributed by atoms with van der Waals surface area (Å²) in [5.74, 6) is 1.21. The zero-order valence-corrected chi connectivity index (χ0v) is 15.5. The molecule has 0 saturated carbocycles. The maximum Gasteiger partial charge on any atom is 0.250 e. The van der Waals surface area contributed by atoms with Crippen LogP contribution in [0.1, 0.15) is 16.7 Å². The Morgan fingerprint density at radius 3 is 2.77 bits per heavy atom. The molecule has 0 unspecified atom stereocenters. The Balaban J connectivity index is 2.10. The van der Waals surface area contributed by atoms with E-state index in [1.54, 1.807) is 4.90 Å². The van der Waals surface area contributed by atoms with E-state index in [9.17, 15) is 5.26 Å². The number of H-pyrrole nitrogens is 1. The molecule has 5 heteroatoms. The van der Waals surface area contributed by atoms with Gasteiger partial charge in [0.15, 0.2) is 0 Å². The van der Waals surface area contributed by atoms with Gasteiger partial charge in [-0.1, -0.05) is 18.2 Å². The Kier molecular flexibility index (Phi) is 4.14. The maximum absolute atomic E-state index is 9.84. The van der Waals surface area contributed by atoms with Crippen molar-refractivity contribution in [3.8, 4) is 6.07 Å². The fraction of sp³-hybridized carbons (Fsp3) is 0.333. The van der Waals surface area contributed by atoms with E-state index in [0.717, 1.165) is 60.4 Å². The highest BCUT2D eigenvalue weighted by Crippen LogP contribution is 2.28. The predicted octanol–water partition coefficient (Wildman–Crippen LogP) is 1.15. The molecule has 2 aromatic heterocycles. The van der Waals surface area contributed by atoms with E-state index in [0.29, 0.717) is 0 Å². The second-order valence-corrected chi connectivity index (χ2v) is 7.18. The minimum absolute atomic E-state index is 0.724. The molecule has 4 rings (SSSR count). The van der Waals surface area contributed by atoms with Crippen LogP contribution < -0.4 is 14.2 Å². The van der Waals surface area contributed by atoms with Gasteiger partial charge in [-0.25, -0.2) is 0 Å². The van der Waals surface area contributed by atoms with Crippen molar-refractivity contribution in [1.29, 1.82) is 5.26 Å². The summed E-state index contributed by atoms with van der Waals surface area (Å²) in [6, 6.07) is 10.7. The number of hydrogen-bond acceptors (Lipinski definition) is 2. The standard InChI is InChI=1S/C21H23N5/c1-4-7-16-15(2)17(14-22)20-23-18-8-5-6-9-19(18)26(20)21(16)25-12-10-24(3)11-13-25/h4-6,8-9H,1,7,10-13H2,2-3H3/p+2. The number of aromatic amines is 1. The van der Waals surface area contributed by atoms with Gasteiger partial charge in [0.25, 0.3) is 0 Å². The van der Waals surface area contributed by atoms with Crippen LogP contribution in [0.25, 0.3) is 16.7 Å². The van der Waals surface area contributed by atoms with E-state index in [1.807, 2.05) is 12.1 Å². The van der Waals surface area contributed by atoms with Gasteiger partial charge in [0.1, 0.15) is 48.8 Å². The van der Waals surface area contributed by atoms with Crippen LogP contribution >= 0.6 is 0 Å². The van der Waals surface area contributed by atoms with Gasteiger partial charge < -0.3 is 4.90 Å². The van der Waals surface area contributed by atoms with Crippen LogP contribution in [0, 0.1) is 18.3 Å². The van der Waals surface area contributed by atoms with Crippen molar-refractivity contribution in [2.24, 2.45) is 0 Å². The highest BCUT2D eigenvalue weighted by atomic mass is 15.3. The molecule has 2 N–H and O–H groups in total. The Morgan fingerprint density at radius 1 is 1.35 bits per heavy atom. The minimum atomic E-state index is 0.724. The number of nitrogens with one attached hydrogen (secondary N) is 2. The highest BCUT2D eigenvalue weighted by molar-refractivity contribution is 5.78. The van der Waals surface area contributed by atoms with Crippen molar-refractivity contribution in [2.45, 2.75) is 13.3 Å². The topological polar surface area (TPSA) is 51.4 Å². The number of nitriles is 1. The Labute approximate surface area is 153 Å². The van der Waals surface area contributed by atoms with Crippen molar-refractivity contribution in [3.05, 3.63) is 53.6 Å². The first-order chi connectivity index (χ1) is 12.7. The van der Waals surface area contributed by atoms with Crippen molar-refractivity contribution in [1.82, 2.24) is 4.98 Å². The van der Waals surface area contributed by atoms with Gasteiger partial charge in [0.05, 0.1) is 7.05 Å². The number of allylic oxidation sites excluding steroid dienone is 1. The molecule has 0 aliphatic carbocycles. The number of benzene rings is 1. The summed E-state index contributed by atoms with van der Waals surface area (Å²) < 4.78 is 2.25. The molecular weight excluding hydrogens is 322 g/mol. The lowest BCUT2D eigenvalue weighted by Crippen LogP contribution is -3.12. The van der Waals surface area contributed by atoms with Crippen LogP contribution in [0.4, 0.5) is 5.82 Å². The van der Waals surface area contributed by atoms with E-state index in [1.165, 1.54) is 11.4 Å². The van der Waals surface area contributed by atoms with Crippen LogP contribution in [-0.2, 0) is 6.42 Å². The molecule has 132 valence electrons. The summed E-state index contributed by atoms with van der Waals surface area (Å²) in [7, 11) is 2.25. The number of quaternary nitrogens is 1. The second-order valence-electron chi connectivity index (χ2n) is 7.18. The van der Waals surface area contributed by atoms with Crippen molar-refractivity contribution < 1.29 is 9.30 Å². The van der Waals surface area contributed by atoms with Crippen LogP contribution in [0.2, 0.25) is 0 Å². The molecule has 1 aliphatic heterocycles. The van der Waals surface area contributed by atoms with Gasteiger partial charge in [-0.15, -0.1) is 6.58 Å². The van der Waals surface area contributed by atoms with Crippen molar-refractivity contribution in [2.75, 3.05) is 38.1 Å². The number of pyridine rings is 1. The summed E-state index contributed by atoms with van der Waals surface area (Å²) in [5.41, 5.74) is 6.05. The van der Waals surface area contributed by atoms with E-state index in [2.05, 4.69) is 59.1 Å². The first-order valence-corrected chi connectivity index (χ1v) is 9.20. The molecule has 1 aliphatic rings. The first-order valence-electron chi connectivity index (χ1n) is 9.20. The summed E-state index contributed by atoms with van der Waals surface area (Å²) in [4.78, 5) is 7.52. The number of para-hydroxylation sites is 2. The zero-order chi connectivity index (χ0) is 18.3. The third-order valence-electron chi connectivity index (χ3n) is 5.54. The molecule has 0 atom stereocenters. The van der Waals surface area contributed by atoms with Gasteiger partial charge in [0.2, 0.25) is 11.5 Å². The number of fused-ring (bicyclic) bond motifs is 3. The van der Waals surface area contributed by atoms with Gasteiger partial charge in [-0.3, -0.25) is 9.88 Å². The van der Waals surface area contributed by atoms with Crippen LogP contribution in [-0.4, -0.2) is 38.2 Å². The van der Waals surface area contributed by atoms with E-state index in [-0.39, 0.29) is 0 Å². The first kappa shape index (κ1) is 16.6. The van der Waals surface area contributed by atoms with E-state index >= 15 is 0 Å². The molecule has 3 aromatic rings. The van der Waals surface area contributed by atoms with Gasteiger partial charge in [-0.05, 0) is 31.0 Å². The number of piperazine rings is 1. The largest absolute Gasteiger partial charge is 0.332 e. The lowest BCUT2D eigenvalue weighted by Gasteiger charge is -2.29. The third-order valence-corrected chi connectivity index (χ3v) is 5.54. The average Bonchev–Trinajstić information content (AvgIpc) is 3.02. The van der Waals surface area contributed by atoms with Gasteiger partial charge in [-0.2, -0.15) is 9.66 Å². The van der Waals surface area contributed by atoms with Crippen LogP contribution in [0.3, 0.4) is 0 Å². The molecule has 0 bridgehead atoms. The molecule has 5 nitrogen and oxygen atoms in total. The average molecular weight is 347 g/mol. The monoisotopic (exact) mass is 347 g/mol. The highest BCUT2D eigenvalue weighted by Gasteiger charge is 2.31. The second kappa shape index (κ2) is 6.47. The minimum Gasteiger partial charge on any atom is -0.332 e. The van der Waals surface area contributed by atoms with Crippen LogP contribution in [0.15, 0.2) is 36.9 Å². The number of nitrogens with zero attached hydrogens (tertiary/aromatic N) is 3. The number of likely N-dealkylation sites (N-methyl/N-ethyl adjacent to an activating group) is 1. The van der Waals surface area contributed by atoms with E-state index < -0.39 is 0 Å². The molecule has 0 spiro atoms. The quantitative estimate of drug-likeness (QED) is 0.552. The Bertz CT molecular complexity index is 1030. The molecule has 0 radical (unpaired) electrons. The third kappa shape index (κ3) is 2.46. The summed E-state index contributed by atoms with van der Waals surface area (Å²) in [6.45, 7) is 10.3. The molecular formula is C21H25N5+2. The maximum atomic E-state index is 9.84. The smallest absolute Gasteiger partial charge is 0.250 e. The predicted molar refractivity (Wildman–Crippen MR) is 104 cm³/mol. The van der Waals surface area contributed by atoms with Crippen molar-refractivity contribution >= 4 is 22.5 Å². The van der Waals surface area contributed by atoms with Crippen molar-refractivity contribution in [3.63, 3.8) is 0 Å². The van der Waals surface area contributed by atoms with E-state index in [4.69, 9.17) is 0 Å². The molecule has 3 heterocycles. The van der Waals surface area contributed by atoms with Gasteiger partial charge in [0, 0.05) is 5.56 Å². The molecule has 26 heavy (non-hydrogen) atoms. The Morgan fingerprint density at radius 2 is 2.08 bits per heavy atom. The summed E-state index contributed by atoms with van der Waals surface area (Å²) >= 11 is 0. The number of hydrogen-bond donors (Lipinski definition) is 2. The number of imidazole rings is 1. The number of rotatable bonds is 3. The number of anilines is 1. The lowest BCUT2D eigenvalue weighted by atomic mass is 10.0. The molecule has 1 fully saturated rings. The Hall–Kier alpha value is -2.84. The van der Waals surface area contributed by atoms with Gasteiger partial charge >= 0.3 is 0 Å². The lowest BCUT2D eigenvalue weighted by molar-refractivity contribution is -0.880.